The van der Waals surface area contributed by atoms with E-state index < -0.39 is 17.8 Å². The number of nitrogens with one attached hydrogen (secondary N) is 3. The molecule has 3 N–H and O–H groups in total. The predicted molar refractivity (Wildman–Crippen MR) is 186 cm³/mol. The molecule has 0 unspecified atom stereocenters. The predicted octanol–water partition coefficient (Wildman–Crippen LogP) is 6.48. The molecule has 0 aromatic heterocycles. The highest BCUT2D eigenvalue weighted by Gasteiger charge is 2.42. The van der Waals surface area contributed by atoms with Crippen molar-refractivity contribution in [3.05, 3.63) is 58.1 Å². The second-order valence-electron chi connectivity index (χ2n) is 14.3. The van der Waals surface area contributed by atoms with Gasteiger partial charge in [-0.1, -0.05) is 29.8 Å². The van der Waals surface area contributed by atoms with Gasteiger partial charge in [0.2, 0.25) is 5.91 Å². The van der Waals surface area contributed by atoms with Crippen molar-refractivity contribution in [1.29, 1.82) is 0 Å². The van der Waals surface area contributed by atoms with Crippen molar-refractivity contribution in [2.45, 2.75) is 87.9 Å². The van der Waals surface area contributed by atoms with Crippen molar-refractivity contribution in [1.82, 2.24) is 15.1 Å². The van der Waals surface area contributed by atoms with Gasteiger partial charge in [0.05, 0.1) is 16.3 Å². The molecular weight excluding hydrogens is 655 g/mol. The zero-order valence-corrected chi connectivity index (χ0v) is 29.1. The molecule has 6 rings (SSSR count). The minimum Gasteiger partial charge on any atom is -0.386 e. The van der Waals surface area contributed by atoms with Crippen molar-refractivity contribution in [3.8, 4) is 0 Å². The van der Waals surface area contributed by atoms with Crippen LogP contribution in [0.15, 0.2) is 36.4 Å². The van der Waals surface area contributed by atoms with Gasteiger partial charge < -0.3 is 25.6 Å². The molecule has 2 saturated heterocycles. The minimum atomic E-state index is -4.61. The molecule has 1 spiro atoms. The van der Waals surface area contributed by atoms with Gasteiger partial charge in [-0.2, -0.15) is 13.2 Å². The van der Waals surface area contributed by atoms with E-state index in [-0.39, 0.29) is 34.4 Å². The SMILES string of the molecule is CNc1c(Cl)cc(C[C@@H](OCCCC2CCC3(CC2)CC(=O)Nc2ccccc23)C(=O)N2CCN(C3CCNCC3)CC2)cc1C(F)(F)F. The normalized spacial score (nSPS) is 24.4. The van der Waals surface area contributed by atoms with Gasteiger partial charge in [0.1, 0.15) is 6.10 Å². The van der Waals surface area contributed by atoms with Crippen molar-refractivity contribution >= 4 is 34.8 Å². The molecule has 268 valence electrons. The lowest BCUT2D eigenvalue weighted by Crippen LogP contribution is -2.55. The van der Waals surface area contributed by atoms with E-state index >= 15 is 0 Å². The van der Waals surface area contributed by atoms with Gasteiger partial charge in [-0.15, -0.1) is 0 Å². The first kappa shape index (κ1) is 35.9. The molecule has 4 aliphatic rings. The summed E-state index contributed by atoms with van der Waals surface area (Å²) in [6, 6.07) is 11.2. The number of anilines is 2. The van der Waals surface area contributed by atoms with Crippen molar-refractivity contribution in [2.75, 3.05) is 63.6 Å². The maximum Gasteiger partial charge on any atom is 0.418 e. The molecule has 8 nitrogen and oxygen atoms in total. The third kappa shape index (κ3) is 8.38. The Bertz CT molecular complexity index is 1470. The number of para-hydroxylation sites is 1. The molecule has 2 amide bonds. The Labute approximate surface area is 292 Å². The molecule has 1 atom stereocenters. The monoisotopic (exact) mass is 703 g/mol. The van der Waals surface area contributed by atoms with Crippen LogP contribution in [0.25, 0.3) is 0 Å². The van der Waals surface area contributed by atoms with Crippen LogP contribution in [0.2, 0.25) is 5.02 Å². The van der Waals surface area contributed by atoms with E-state index in [0.717, 1.165) is 89.3 Å². The van der Waals surface area contributed by atoms with E-state index in [1.54, 1.807) is 0 Å². The number of nitrogens with zero attached hydrogens (tertiary/aromatic N) is 2. The van der Waals surface area contributed by atoms with E-state index in [0.29, 0.717) is 43.6 Å². The van der Waals surface area contributed by atoms with Gasteiger partial charge in [0.15, 0.2) is 0 Å². The van der Waals surface area contributed by atoms with E-state index in [1.807, 2.05) is 23.1 Å². The molecule has 2 aromatic carbocycles. The number of amides is 2. The number of carbonyl (C=O) groups excluding carboxylic acids is 2. The lowest BCUT2D eigenvalue weighted by atomic mass is 9.63. The number of fused-ring (bicyclic) bond motifs is 2. The Balaban J connectivity index is 1.08. The first-order valence-electron chi connectivity index (χ1n) is 17.9. The van der Waals surface area contributed by atoms with Gasteiger partial charge in [-0.05, 0) is 99.7 Å². The number of alkyl halides is 3. The maximum atomic E-state index is 14.0. The highest BCUT2D eigenvalue weighted by Crippen LogP contribution is 2.49. The summed E-state index contributed by atoms with van der Waals surface area (Å²) in [4.78, 5) is 30.7. The zero-order chi connectivity index (χ0) is 34.6. The number of hydrogen-bond acceptors (Lipinski definition) is 6. The number of ether oxygens (including phenoxy) is 1. The maximum absolute atomic E-state index is 14.0. The van der Waals surface area contributed by atoms with E-state index in [9.17, 15) is 22.8 Å². The van der Waals surface area contributed by atoms with E-state index in [4.69, 9.17) is 16.3 Å². The van der Waals surface area contributed by atoms with E-state index in [2.05, 4.69) is 26.9 Å². The molecule has 1 aliphatic carbocycles. The van der Waals surface area contributed by atoms with Gasteiger partial charge in [0, 0.05) is 69.8 Å². The fourth-order valence-electron chi connectivity index (χ4n) is 8.59. The van der Waals surface area contributed by atoms with Crippen molar-refractivity contribution in [2.24, 2.45) is 5.92 Å². The van der Waals surface area contributed by atoms with Crippen LogP contribution in [0.5, 0.6) is 0 Å². The summed E-state index contributed by atoms with van der Waals surface area (Å²) in [6.45, 7) is 5.04. The smallest absolute Gasteiger partial charge is 0.386 e. The second kappa shape index (κ2) is 15.6. The molecule has 3 aliphatic heterocycles. The summed E-state index contributed by atoms with van der Waals surface area (Å²) in [6.07, 6.45) is 2.82. The standard InChI is InChI=1S/C37H49ClF3N5O3/c1-42-34-29(37(39,40)41)21-26(22-30(34)38)23-32(35(48)46-18-16-45(17-19-46)27-10-14-43-15-11-27)49-20-4-5-25-8-12-36(13-9-25)24-33(47)44-31-7-3-2-6-28(31)36/h2-3,6-7,21-22,25,27,32,42-43H,4-5,8-20,23-24H2,1H3,(H,44,47)/t25?,32-,36?/m1/s1. The van der Waals surface area contributed by atoms with Crippen LogP contribution in [0, 0.1) is 5.92 Å². The molecule has 49 heavy (non-hydrogen) atoms. The van der Waals surface area contributed by atoms with Crippen LogP contribution in [0.3, 0.4) is 0 Å². The van der Waals surface area contributed by atoms with Crippen LogP contribution < -0.4 is 16.0 Å². The fraction of sp³-hybridized carbons (Fsp3) is 0.622. The average molecular weight is 704 g/mol. The quantitative estimate of drug-likeness (QED) is 0.246. The number of rotatable bonds is 10. The average Bonchev–Trinajstić information content (AvgIpc) is 3.10. The highest BCUT2D eigenvalue weighted by molar-refractivity contribution is 6.33. The van der Waals surface area contributed by atoms with Gasteiger partial charge in [-0.3, -0.25) is 14.5 Å². The Morgan fingerprint density at radius 1 is 1.08 bits per heavy atom. The van der Waals surface area contributed by atoms with Crippen LogP contribution in [-0.2, 0) is 32.3 Å². The topological polar surface area (TPSA) is 85.9 Å². The molecule has 3 heterocycles. The number of benzene rings is 2. The zero-order valence-electron chi connectivity index (χ0n) is 28.3. The first-order chi connectivity index (χ1) is 23.6. The number of carbonyl (C=O) groups is 2. The van der Waals surface area contributed by atoms with Gasteiger partial charge >= 0.3 is 6.18 Å². The van der Waals surface area contributed by atoms with Gasteiger partial charge in [0.25, 0.3) is 5.91 Å². The van der Waals surface area contributed by atoms with Crippen LogP contribution in [0.1, 0.15) is 74.5 Å². The minimum absolute atomic E-state index is 0.00750. The highest BCUT2D eigenvalue weighted by atomic mass is 35.5. The second-order valence-corrected chi connectivity index (χ2v) is 14.7. The number of piperazine rings is 1. The summed E-state index contributed by atoms with van der Waals surface area (Å²) in [5.74, 6) is 0.394. The molecule has 12 heteroatoms. The van der Waals surface area contributed by atoms with Gasteiger partial charge in [-0.25, -0.2) is 0 Å². The summed E-state index contributed by atoms with van der Waals surface area (Å²) in [5, 5.41) is 8.95. The van der Waals surface area contributed by atoms with Crippen molar-refractivity contribution < 1.29 is 27.5 Å². The lowest BCUT2D eigenvalue weighted by Gasteiger charge is -2.43. The summed E-state index contributed by atoms with van der Waals surface area (Å²) in [5.41, 5.74) is 1.34. The molecular formula is C37H49ClF3N5O3. The van der Waals surface area contributed by atoms with Crippen LogP contribution >= 0.6 is 11.6 Å². The van der Waals surface area contributed by atoms with E-state index in [1.165, 1.54) is 18.7 Å². The number of halogens is 4. The Morgan fingerprint density at radius 3 is 2.49 bits per heavy atom. The largest absolute Gasteiger partial charge is 0.418 e. The molecule has 0 radical (unpaired) electrons. The van der Waals surface area contributed by atoms with Crippen LogP contribution in [0.4, 0.5) is 24.5 Å². The van der Waals surface area contributed by atoms with Crippen molar-refractivity contribution in [3.63, 3.8) is 0 Å². The summed E-state index contributed by atoms with van der Waals surface area (Å²) >= 11 is 6.31. The number of hydrogen-bond donors (Lipinski definition) is 3. The third-order valence-corrected chi connectivity index (χ3v) is 11.6. The summed E-state index contributed by atoms with van der Waals surface area (Å²) in [7, 11) is 1.41. The fourth-order valence-corrected chi connectivity index (χ4v) is 8.92. The molecule has 2 aromatic rings. The first-order valence-corrected chi connectivity index (χ1v) is 18.3. The molecule has 1 saturated carbocycles. The van der Waals surface area contributed by atoms with Crippen LogP contribution in [-0.4, -0.2) is 86.7 Å². The Kier molecular flexibility index (Phi) is 11.4. The number of piperidine rings is 1. The molecule has 0 bridgehead atoms. The summed E-state index contributed by atoms with van der Waals surface area (Å²) < 4.78 is 48.2. The third-order valence-electron chi connectivity index (χ3n) is 11.3. The molecule has 3 fully saturated rings. The Hall–Kier alpha value is -2.86. The Morgan fingerprint density at radius 2 is 1.80 bits per heavy atom. The lowest BCUT2D eigenvalue weighted by molar-refractivity contribution is -0.146.